The predicted molar refractivity (Wildman–Crippen MR) is 51.8 cm³/mol. The summed E-state index contributed by atoms with van der Waals surface area (Å²) in [6.07, 6.45) is 0.532. The number of nitrogens with one attached hydrogen (secondary N) is 1. The minimum absolute atomic E-state index is 0.0938. The first kappa shape index (κ1) is 8.05. The standard InChI is InChI=1S/C11H11NO/c1-8-7-10(13)12-11(8)9-5-3-2-4-6-9/h2-6H,7H2,1H3,(H,12,13). The fourth-order valence-electron chi connectivity index (χ4n) is 1.54. The molecular formula is C11H11NO. The van der Waals surface area contributed by atoms with Gasteiger partial charge in [-0.3, -0.25) is 4.79 Å². The molecule has 0 aromatic heterocycles. The van der Waals surface area contributed by atoms with Crippen molar-refractivity contribution in [3.63, 3.8) is 0 Å². The molecule has 0 spiro atoms. The van der Waals surface area contributed by atoms with Crippen molar-refractivity contribution < 1.29 is 4.79 Å². The number of rotatable bonds is 1. The molecule has 0 radical (unpaired) electrons. The van der Waals surface area contributed by atoms with E-state index in [0.29, 0.717) is 6.42 Å². The maximum Gasteiger partial charge on any atom is 0.228 e. The Hall–Kier alpha value is -1.57. The maximum atomic E-state index is 11.1. The number of benzene rings is 1. The molecule has 2 rings (SSSR count). The Morgan fingerprint density at radius 2 is 1.92 bits per heavy atom. The van der Waals surface area contributed by atoms with Crippen LogP contribution in [0.3, 0.4) is 0 Å². The lowest BCUT2D eigenvalue weighted by atomic mass is 10.1. The van der Waals surface area contributed by atoms with Gasteiger partial charge in [-0.25, -0.2) is 0 Å². The van der Waals surface area contributed by atoms with E-state index >= 15 is 0 Å². The van der Waals surface area contributed by atoms with Gasteiger partial charge in [-0.1, -0.05) is 30.3 Å². The van der Waals surface area contributed by atoms with E-state index in [2.05, 4.69) is 5.32 Å². The van der Waals surface area contributed by atoms with Crippen molar-refractivity contribution in [3.05, 3.63) is 41.5 Å². The summed E-state index contributed by atoms with van der Waals surface area (Å²) in [6.45, 7) is 1.99. The molecule has 66 valence electrons. The molecule has 0 bridgehead atoms. The van der Waals surface area contributed by atoms with Crippen molar-refractivity contribution in [3.8, 4) is 0 Å². The summed E-state index contributed by atoms with van der Waals surface area (Å²) in [5, 5.41) is 2.86. The summed E-state index contributed by atoms with van der Waals surface area (Å²) in [7, 11) is 0. The van der Waals surface area contributed by atoms with Crippen LogP contribution in [0.1, 0.15) is 18.9 Å². The Labute approximate surface area is 77.3 Å². The van der Waals surface area contributed by atoms with E-state index in [1.54, 1.807) is 0 Å². The summed E-state index contributed by atoms with van der Waals surface area (Å²) < 4.78 is 0. The molecule has 1 heterocycles. The fourth-order valence-corrected chi connectivity index (χ4v) is 1.54. The van der Waals surface area contributed by atoms with Gasteiger partial charge in [-0.05, 0) is 18.1 Å². The Kier molecular flexibility index (Phi) is 1.89. The molecule has 1 aliphatic heterocycles. The lowest BCUT2D eigenvalue weighted by Gasteiger charge is -2.03. The average Bonchev–Trinajstić information content (AvgIpc) is 2.47. The Bertz CT molecular complexity index is 365. The van der Waals surface area contributed by atoms with E-state index in [0.717, 1.165) is 16.8 Å². The van der Waals surface area contributed by atoms with Crippen molar-refractivity contribution in [2.45, 2.75) is 13.3 Å². The largest absolute Gasteiger partial charge is 0.325 e. The predicted octanol–water partition coefficient (Wildman–Crippen LogP) is 1.94. The van der Waals surface area contributed by atoms with E-state index < -0.39 is 0 Å². The zero-order valence-corrected chi connectivity index (χ0v) is 7.50. The number of hydrogen-bond acceptors (Lipinski definition) is 1. The number of hydrogen-bond donors (Lipinski definition) is 1. The monoisotopic (exact) mass is 173 g/mol. The summed E-state index contributed by atoms with van der Waals surface area (Å²) in [5.41, 5.74) is 3.19. The quantitative estimate of drug-likeness (QED) is 0.690. The highest BCUT2D eigenvalue weighted by molar-refractivity contribution is 5.95. The van der Waals surface area contributed by atoms with Gasteiger partial charge in [-0.15, -0.1) is 0 Å². The van der Waals surface area contributed by atoms with Crippen LogP contribution >= 0.6 is 0 Å². The number of amides is 1. The third kappa shape index (κ3) is 1.47. The van der Waals surface area contributed by atoms with Crippen LogP contribution in [-0.4, -0.2) is 5.91 Å². The SMILES string of the molecule is CC1=C(c2ccccc2)NC(=O)C1. The normalized spacial score (nSPS) is 16.2. The highest BCUT2D eigenvalue weighted by Gasteiger charge is 2.17. The van der Waals surface area contributed by atoms with Gasteiger partial charge in [0.15, 0.2) is 0 Å². The molecule has 1 aliphatic rings. The highest BCUT2D eigenvalue weighted by atomic mass is 16.1. The lowest BCUT2D eigenvalue weighted by molar-refractivity contribution is -0.118. The minimum atomic E-state index is 0.0938. The van der Waals surface area contributed by atoms with Crippen molar-refractivity contribution in [1.82, 2.24) is 5.32 Å². The van der Waals surface area contributed by atoms with Crippen molar-refractivity contribution in [1.29, 1.82) is 0 Å². The molecule has 13 heavy (non-hydrogen) atoms. The van der Waals surface area contributed by atoms with Crippen LogP contribution in [0.4, 0.5) is 0 Å². The van der Waals surface area contributed by atoms with Crippen molar-refractivity contribution in [2.75, 3.05) is 0 Å². The van der Waals surface area contributed by atoms with Gasteiger partial charge in [0.05, 0.1) is 0 Å². The Morgan fingerprint density at radius 3 is 2.46 bits per heavy atom. The molecule has 0 saturated heterocycles. The minimum Gasteiger partial charge on any atom is -0.325 e. The fraction of sp³-hybridized carbons (Fsp3) is 0.182. The van der Waals surface area contributed by atoms with Gasteiger partial charge >= 0.3 is 0 Å². The third-order valence-corrected chi connectivity index (χ3v) is 2.18. The molecule has 0 atom stereocenters. The summed E-state index contributed by atoms with van der Waals surface area (Å²) in [4.78, 5) is 11.1. The van der Waals surface area contributed by atoms with Gasteiger partial charge in [0.25, 0.3) is 0 Å². The average molecular weight is 173 g/mol. The molecule has 2 nitrogen and oxygen atoms in total. The van der Waals surface area contributed by atoms with Crippen LogP contribution in [-0.2, 0) is 4.79 Å². The van der Waals surface area contributed by atoms with Crippen LogP contribution in [0.15, 0.2) is 35.9 Å². The summed E-state index contributed by atoms with van der Waals surface area (Å²) in [6, 6.07) is 9.92. The third-order valence-electron chi connectivity index (χ3n) is 2.18. The summed E-state index contributed by atoms with van der Waals surface area (Å²) >= 11 is 0. The first-order valence-electron chi connectivity index (χ1n) is 4.32. The zero-order chi connectivity index (χ0) is 9.26. The maximum absolute atomic E-state index is 11.1. The van der Waals surface area contributed by atoms with Gasteiger partial charge in [0.2, 0.25) is 5.91 Å². The topological polar surface area (TPSA) is 29.1 Å². The first-order chi connectivity index (χ1) is 6.27. The molecule has 0 unspecified atom stereocenters. The summed E-state index contributed by atoms with van der Waals surface area (Å²) in [5.74, 6) is 0.0938. The second kappa shape index (κ2) is 3.05. The molecule has 1 N–H and O–H groups in total. The van der Waals surface area contributed by atoms with Gasteiger partial charge in [0.1, 0.15) is 0 Å². The number of carbonyl (C=O) groups excluding carboxylic acids is 1. The van der Waals surface area contributed by atoms with Gasteiger partial charge < -0.3 is 5.32 Å². The van der Waals surface area contributed by atoms with Crippen molar-refractivity contribution in [2.24, 2.45) is 0 Å². The van der Waals surface area contributed by atoms with Crippen LogP contribution in [0, 0.1) is 0 Å². The van der Waals surface area contributed by atoms with Crippen LogP contribution in [0.5, 0.6) is 0 Å². The van der Waals surface area contributed by atoms with E-state index in [-0.39, 0.29) is 5.91 Å². The molecule has 1 amide bonds. The highest BCUT2D eigenvalue weighted by Crippen LogP contribution is 2.22. The molecule has 0 aliphatic carbocycles. The second-order valence-corrected chi connectivity index (χ2v) is 3.25. The van der Waals surface area contributed by atoms with E-state index in [1.165, 1.54) is 0 Å². The Balaban J connectivity index is 2.38. The van der Waals surface area contributed by atoms with E-state index in [1.807, 2.05) is 37.3 Å². The molecule has 2 heteroatoms. The molecular weight excluding hydrogens is 162 g/mol. The van der Waals surface area contributed by atoms with Crippen LogP contribution < -0.4 is 5.32 Å². The smallest absolute Gasteiger partial charge is 0.228 e. The van der Waals surface area contributed by atoms with Crippen molar-refractivity contribution >= 4 is 11.6 Å². The number of carbonyl (C=O) groups is 1. The van der Waals surface area contributed by atoms with Gasteiger partial charge in [0, 0.05) is 12.1 Å². The second-order valence-electron chi connectivity index (χ2n) is 3.25. The Morgan fingerprint density at radius 1 is 1.23 bits per heavy atom. The van der Waals surface area contributed by atoms with E-state index in [4.69, 9.17) is 0 Å². The first-order valence-corrected chi connectivity index (χ1v) is 4.32. The van der Waals surface area contributed by atoms with Crippen LogP contribution in [0.25, 0.3) is 5.70 Å². The molecule has 1 aromatic rings. The molecule has 1 aromatic carbocycles. The van der Waals surface area contributed by atoms with E-state index in [9.17, 15) is 4.79 Å². The lowest BCUT2D eigenvalue weighted by Crippen LogP contribution is -2.13. The molecule has 0 fully saturated rings. The zero-order valence-electron chi connectivity index (χ0n) is 7.50. The van der Waals surface area contributed by atoms with Gasteiger partial charge in [-0.2, -0.15) is 0 Å². The molecule has 0 saturated carbocycles. The van der Waals surface area contributed by atoms with Crippen LogP contribution in [0.2, 0.25) is 0 Å².